The number of nitro groups is 1. The lowest BCUT2D eigenvalue weighted by atomic mass is 10.1. The van der Waals surface area contributed by atoms with Crippen molar-refractivity contribution in [3.05, 3.63) is 108 Å². The average molecular weight is 578 g/mol. The minimum Gasteiger partial charge on any atom is -0.486 e. The van der Waals surface area contributed by atoms with E-state index in [0.29, 0.717) is 27.3 Å². The van der Waals surface area contributed by atoms with E-state index in [4.69, 9.17) is 39.5 Å². The van der Waals surface area contributed by atoms with Gasteiger partial charge in [0, 0.05) is 15.6 Å². The Kier molecular flexibility index (Phi) is 8.64. The highest BCUT2D eigenvalue weighted by atomic mass is 35.5. The van der Waals surface area contributed by atoms with Crippen LogP contribution in [0.2, 0.25) is 15.1 Å². The molecule has 0 N–H and O–H groups in total. The fourth-order valence-corrected chi connectivity index (χ4v) is 5.59. The van der Waals surface area contributed by atoms with Crippen molar-refractivity contribution >= 4 is 46.6 Å². The molecule has 0 amide bonds. The molecule has 4 rings (SSSR count). The number of hydrogen-bond acceptors (Lipinski definition) is 6. The predicted octanol–water partition coefficient (Wildman–Crippen LogP) is 7.84. The molecular formula is C26H23Cl3N4O3S. The molecule has 1 heterocycles. The number of benzene rings is 3. The molecule has 0 radical (unpaired) electrons. The number of rotatable bonds is 9. The van der Waals surface area contributed by atoms with E-state index in [2.05, 4.69) is 10.2 Å². The number of hydrogen-bond donors (Lipinski definition) is 0. The van der Waals surface area contributed by atoms with Crippen LogP contribution in [0.25, 0.3) is 5.69 Å². The van der Waals surface area contributed by atoms with Crippen LogP contribution in [0.1, 0.15) is 33.3 Å². The summed E-state index contributed by atoms with van der Waals surface area (Å²) in [6.45, 7) is 5.79. The van der Waals surface area contributed by atoms with Gasteiger partial charge < -0.3 is 4.74 Å². The van der Waals surface area contributed by atoms with Crippen LogP contribution in [0.4, 0.5) is 0 Å². The van der Waals surface area contributed by atoms with E-state index in [1.54, 1.807) is 24.3 Å². The van der Waals surface area contributed by atoms with Gasteiger partial charge in [0.2, 0.25) is 6.54 Å². The summed E-state index contributed by atoms with van der Waals surface area (Å²) in [5.41, 5.74) is 4.65. The van der Waals surface area contributed by atoms with E-state index in [9.17, 15) is 10.1 Å². The van der Waals surface area contributed by atoms with Gasteiger partial charge in [0.1, 0.15) is 17.7 Å². The number of thioether (sulfide) groups is 1. The van der Waals surface area contributed by atoms with Crippen molar-refractivity contribution in [2.24, 2.45) is 0 Å². The maximum Gasteiger partial charge on any atom is 0.220 e. The summed E-state index contributed by atoms with van der Waals surface area (Å²) >= 11 is 20.2. The predicted molar refractivity (Wildman–Crippen MR) is 148 cm³/mol. The standard InChI is InChI=1S/C26H23Cl3N4O3S/c1-15-4-9-21(10-16(15)2)33-17(3)30-31-26(33)37-24(13-32(34)35)19-11-22(28)25(23(29)12-19)36-14-18-5-7-20(27)8-6-18/h4-12,24H,13-14H2,1-3H3/t24-/m1/s1. The molecule has 0 aliphatic heterocycles. The molecule has 192 valence electrons. The van der Waals surface area contributed by atoms with Gasteiger partial charge in [-0.2, -0.15) is 0 Å². The zero-order valence-electron chi connectivity index (χ0n) is 20.2. The van der Waals surface area contributed by atoms with E-state index in [-0.39, 0.29) is 28.1 Å². The third-order valence-electron chi connectivity index (χ3n) is 5.80. The molecule has 0 aliphatic rings. The molecule has 0 bridgehead atoms. The zero-order chi connectivity index (χ0) is 26.7. The van der Waals surface area contributed by atoms with Crippen LogP contribution in [0.5, 0.6) is 5.75 Å². The fourth-order valence-electron chi connectivity index (χ4n) is 3.69. The van der Waals surface area contributed by atoms with Gasteiger partial charge in [-0.15, -0.1) is 10.2 Å². The van der Waals surface area contributed by atoms with Crippen LogP contribution in [0, 0.1) is 30.9 Å². The number of aryl methyl sites for hydroxylation is 3. The highest BCUT2D eigenvalue weighted by Crippen LogP contribution is 2.42. The molecule has 0 fully saturated rings. The molecule has 0 spiro atoms. The monoisotopic (exact) mass is 576 g/mol. The summed E-state index contributed by atoms with van der Waals surface area (Å²) < 4.78 is 7.74. The SMILES string of the molecule is Cc1ccc(-n2c(C)nnc2S[C@H](C[N+](=O)[O-])c2cc(Cl)c(OCc3ccc(Cl)cc3)c(Cl)c2)cc1C. The second-order valence-corrected chi connectivity index (χ2v) is 10.9. The van der Waals surface area contributed by atoms with Gasteiger partial charge in [-0.25, -0.2) is 0 Å². The fraction of sp³-hybridized carbons (Fsp3) is 0.231. The van der Waals surface area contributed by atoms with Crippen LogP contribution >= 0.6 is 46.6 Å². The highest BCUT2D eigenvalue weighted by Gasteiger charge is 2.26. The van der Waals surface area contributed by atoms with Gasteiger partial charge in [0.25, 0.3) is 0 Å². The lowest BCUT2D eigenvalue weighted by molar-refractivity contribution is -0.479. The van der Waals surface area contributed by atoms with E-state index in [1.165, 1.54) is 11.8 Å². The topological polar surface area (TPSA) is 83.1 Å². The van der Waals surface area contributed by atoms with Crippen LogP contribution in [-0.2, 0) is 6.61 Å². The molecular weight excluding hydrogens is 555 g/mol. The minimum absolute atomic E-state index is 0.237. The normalized spacial score (nSPS) is 11.9. The molecule has 4 aromatic rings. The number of halogens is 3. The van der Waals surface area contributed by atoms with Crippen LogP contribution in [-0.4, -0.2) is 26.2 Å². The summed E-state index contributed by atoms with van der Waals surface area (Å²) in [5.74, 6) is 0.980. The molecule has 0 aliphatic carbocycles. The molecule has 0 saturated heterocycles. The minimum atomic E-state index is -0.621. The second-order valence-electron chi connectivity index (χ2n) is 8.48. The Morgan fingerprint density at radius 1 is 0.973 bits per heavy atom. The third kappa shape index (κ3) is 6.57. The van der Waals surface area contributed by atoms with E-state index in [0.717, 1.165) is 22.4 Å². The smallest absolute Gasteiger partial charge is 0.220 e. The van der Waals surface area contributed by atoms with Gasteiger partial charge in [-0.05, 0) is 79.4 Å². The highest BCUT2D eigenvalue weighted by molar-refractivity contribution is 7.99. The van der Waals surface area contributed by atoms with Gasteiger partial charge in [-0.3, -0.25) is 14.7 Å². The lowest BCUT2D eigenvalue weighted by Crippen LogP contribution is -2.11. The Balaban J connectivity index is 1.62. The van der Waals surface area contributed by atoms with Crippen molar-refractivity contribution in [2.45, 2.75) is 37.8 Å². The molecule has 0 unspecified atom stereocenters. The Labute approximate surface area is 233 Å². The van der Waals surface area contributed by atoms with E-state index >= 15 is 0 Å². The Bertz CT molecular complexity index is 1420. The van der Waals surface area contributed by atoms with Crippen LogP contribution in [0.15, 0.2) is 59.8 Å². The van der Waals surface area contributed by atoms with Crippen LogP contribution in [0.3, 0.4) is 0 Å². The van der Waals surface area contributed by atoms with Crippen molar-refractivity contribution in [1.82, 2.24) is 14.8 Å². The largest absolute Gasteiger partial charge is 0.486 e. The Morgan fingerprint density at radius 3 is 2.27 bits per heavy atom. The van der Waals surface area contributed by atoms with Crippen LogP contribution < -0.4 is 4.74 Å². The molecule has 11 heteroatoms. The first-order chi connectivity index (χ1) is 17.6. The first-order valence-electron chi connectivity index (χ1n) is 11.3. The van der Waals surface area contributed by atoms with Crippen molar-refractivity contribution in [3.8, 4) is 11.4 Å². The van der Waals surface area contributed by atoms with Gasteiger partial charge >= 0.3 is 0 Å². The lowest BCUT2D eigenvalue weighted by Gasteiger charge is -2.17. The summed E-state index contributed by atoms with van der Waals surface area (Å²) in [6, 6.07) is 16.6. The summed E-state index contributed by atoms with van der Waals surface area (Å²) in [4.78, 5) is 11.2. The maximum absolute atomic E-state index is 11.6. The zero-order valence-corrected chi connectivity index (χ0v) is 23.3. The number of nitrogens with zero attached hydrogens (tertiary/aromatic N) is 4. The molecule has 37 heavy (non-hydrogen) atoms. The molecule has 0 saturated carbocycles. The molecule has 1 aromatic heterocycles. The molecule has 3 aromatic carbocycles. The Morgan fingerprint density at radius 2 is 1.65 bits per heavy atom. The van der Waals surface area contributed by atoms with E-state index < -0.39 is 5.25 Å². The first-order valence-corrected chi connectivity index (χ1v) is 13.3. The Hall–Kier alpha value is -2.78. The van der Waals surface area contributed by atoms with Gasteiger partial charge in [0.05, 0.1) is 10.0 Å². The second kappa shape index (κ2) is 11.7. The molecule has 1 atom stereocenters. The van der Waals surface area contributed by atoms with Gasteiger partial charge in [-0.1, -0.05) is 64.8 Å². The third-order valence-corrected chi connectivity index (χ3v) is 7.79. The summed E-state index contributed by atoms with van der Waals surface area (Å²) in [7, 11) is 0. The average Bonchev–Trinajstić information content (AvgIpc) is 3.20. The number of ether oxygens (including phenoxy) is 1. The quantitative estimate of drug-likeness (QED) is 0.114. The number of aromatic nitrogens is 3. The summed E-state index contributed by atoms with van der Waals surface area (Å²) in [6.07, 6.45) is 0. The van der Waals surface area contributed by atoms with Crippen molar-refractivity contribution in [2.75, 3.05) is 6.54 Å². The van der Waals surface area contributed by atoms with E-state index in [1.807, 2.05) is 55.7 Å². The van der Waals surface area contributed by atoms with Crippen molar-refractivity contribution in [1.29, 1.82) is 0 Å². The van der Waals surface area contributed by atoms with Crippen molar-refractivity contribution in [3.63, 3.8) is 0 Å². The van der Waals surface area contributed by atoms with Crippen molar-refractivity contribution < 1.29 is 9.66 Å². The summed E-state index contributed by atoms with van der Waals surface area (Å²) in [5, 5.41) is 21.2. The maximum atomic E-state index is 11.6. The van der Waals surface area contributed by atoms with Gasteiger partial charge in [0.15, 0.2) is 10.9 Å². The molecule has 7 nitrogen and oxygen atoms in total. The first kappa shape index (κ1) is 27.3.